The van der Waals surface area contributed by atoms with Gasteiger partial charge in [0.2, 0.25) is 0 Å². The molecule has 18 heavy (non-hydrogen) atoms. The number of phenolic OH excluding ortho intramolecular Hbond substituents is 1. The smallest absolute Gasteiger partial charge is 0.260 e. The zero-order chi connectivity index (χ0) is 13.1. The van der Waals surface area contributed by atoms with Gasteiger partial charge in [-0.1, -0.05) is 0 Å². The van der Waals surface area contributed by atoms with Gasteiger partial charge in [0.15, 0.2) is 6.61 Å². The molecule has 4 nitrogen and oxygen atoms in total. The summed E-state index contributed by atoms with van der Waals surface area (Å²) < 4.78 is 5.44. The van der Waals surface area contributed by atoms with E-state index in [-0.39, 0.29) is 18.3 Å². The molecule has 1 N–H and O–H groups in total. The molecule has 0 aromatic heterocycles. The van der Waals surface area contributed by atoms with Gasteiger partial charge in [-0.25, -0.2) is 0 Å². The van der Waals surface area contributed by atoms with Crippen molar-refractivity contribution in [1.82, 2.24) is 4.90 Å². The van der Waals surface area contributed by atoms with Crippen LogP contribution in [0.1, 0.15) is 25.3 Å². The van der Waals surface area contributed by atoms with Crippen molar-refractivity contribution in [3.63, 3.8) is 0 Å². The zero-order valence-electron chi connectivity index (χ0n) is 10.8. The van der Waals surface area contributed by atoms with Crippen LogP contribution in [0.4, 0.5) is 0 Å². The Morgan fingerprint density at radius 2 is 2.17 bits per heavy atom. The van der Waals surface area contributed by atoms with E-state index >= 15 is 0 Å². The Labute approximate surface area is 107 Å². The highest BCUT2D eigenvalue weighted by Gasteiger charge is 2.31. The lowest BCUT2D eigenvalue weighted by Crippen LogP contribution is -2.36. The van der Waals surface area contributed by atoms with Crippen molar-refractivity contribution in [3.05, 3.63) is 23.8 Å². The van der Waals surface area contributed by atoms with Gasteiger partial charge >= 0.3 is 0 Å². The van der Waals surface area contributed by atoms with Gasteiger partial charge in [-0.3, -0.25) is 4.79 Å². The highest BCUT2D eigenvalue weighted by atomic mass is 16.5. The summed E-state index contributed by atoms with van der Waals surface area (Å²) in [6.07, 6.45) is 2.20. The molecule has 98 valence electrons. The largest absolute Gasteiger partial charge is 0.508 e. The van der Waals surface area contributed by atoms with E-state index in [1.54, 1.807) is 12.1 Å². The average Bonchev–Trinajstić information content (AvgIpc) is 3.10. The third-order valence-corrected chi connectivity index (χ3v) is 3.05. The number of aryl methyl sites for hydroxylation is 1. The number of ether oxygens (including phenoxy) is 1. The Morgan fingerprint density at radius 1 is 1.44 bits per heavy atom. The van der Waals surface area contributed by atoms with E-state index in [0.29, 0.717) is 11.8 Å². The highest BCUT2D eigenvalue weighted by molar-refractivity contribution is 5.78. The molecule has 1 saturated carbocycles. The van der Waals surface area contributed by atoms with Crippen molar-refractivity contribution in [2.45, 2.75) is 32.7 Å². The van der Waals surface area contributed by atoms with Crippen LogP contribution in [0.15, 0.2) is 18.2 Å². The van der Waals surface area contributed by atoms with Crippen LogP contribution in [0.2, 0.25) is 0 Å². The number of hydrogen-bond acceptors (Lipinski definition) is 3. The maximum atomic E-state index is 11.9. The molecule has 1 aromatic rings. The fourth-order valence-electron chi connectivity index (χ4n) is 2.06. The Hall–Kier alpha value is -1.71. The molecule has 1 fully saturated rings. The summed E-state index contributed by atoms with van der Waals surface area (Å²) in [6.45, 7) is 4.62. The predicted molar refractivity (Wildman–Crippen MR) is 68.7 cm³/mol. The first-order chi connectivity index (χ1) is 8.60. The minimum atomic E-state index is 0.0148. The zero-order valence-corrected chi connectivity index (χ0v) is 10.8. The summed E-state index contributed by atoms with van der Waals surface area (Å²) in [7, 11) is 0. The fraction of sp³-hybridized carbons (Fsp3) is 0.500. The van der Waals surface area contributed by atoms with Crippen molar-refractivity contribution in [2.75, 3.05) is 13.2 Å². The molecule has 1 amide bonds. The summed E-state index contributed by atoms with van der Waals surface area (Å²) in [4.78, 5) is 13.8. The first-order valence-electron chi connectivity index (χ1n) is 6.33. The van der Waals surface area contributed by atoms with Gasteiger partial charge in [-0.05, 0) is 44.4 Å². The van der Waals surface area contributed by atoms with Crippen LogP contribution < -0.4 is 4.74 Å². The maximum absolute atomic E-state index is 11.9. The summed E-state index contributed by atoms with van der Waals surface area (Å²) in [6, 6.07) is 5.39. The van der Waals surface area contributed by atoms with Crippen molar-refractivity contribution < 1.29 is 14.6 Å². The number of rotatable bonds is 5. The van der Waals surface area contributed by atoms with Gasteiger partial charge in [0, 0.05) is 18.7 Å². The standard InChI is InChI=1S/C14H19NO3/c1-3-15(11-4-5-11)14(17)9-18-13-7-10(2)6-12(16)8-13/h6-8,11,16H,3-5,9H2,1-2H3. The van der Waals surface area contributed by atoms with Gasteiger partial charge in [-0.15, -0.1) is 0 Å². The van der Waals surface area contributed by atoms with Crippen molar-refractivity contribution in [1.29, 1.82) is 0 Å². The number of carbonyl (C=O) groups excluding carboxylic acids is 1. The molecule has 2 rings (SSSR count). The summed E-state index contributed by atoms with van der Waals surface area (Å²) in [5.41, 5.74) is 0.909. The summed E-state index contributed by atoms with van der Waals surface area (Å²) in [5, 5.41) is 9.44. The Balaban J connectivity index is 1.92. The van der Waals surface area contributed by atoms with E-state index in [4.69, 9.17) is 4.74 Å². The van der Waals surface area contributed by atoms with Crippen molar-refractivity contribution >= 4 is 5.91 Å². The fourth-order valence-corrected chi connectivity index (χ4v) is 2.06. The normalized spacial score (nSPS) is 14.3. The summed E-state index contributed by atoms with van der Waals surface area (Å²) >= 11 is 0. The molecule has 0 spiro atoms. The number of carbonyl (C=O) groups is 1. The number of benzene rings is 1. The molecule has 1 aliphatic rings. The molecule has 1 aromatic carbocycles. The molecule has 0 heterocycles. The van der Waals surface area contributed by atoms with Crippen LogP contribution in [0.3, 0.4) is 0 Å². The number of phenols is 1. The lowest BCUT2D eigenvalue weighted by molar-refractivity contribution is -0.133. The Bertz CT molecular complexity index is 420. The van der Waals surface area contributed by atoms with E-state index < -0.39 is 0 Å². The first-order valence-corrected chi connectivity index (χ1v) is 6.33. The van der Waals surface area contributed by atoms with Gasteiger partial charge < -0.3 is 14.7 Å². The van der Waals surface area contributed by atoms with Crippen LogP contribution in [-0.2, 0) is 4.79 Å². The lowest BCUT2D eigenvalue weighted by Gasteiger charge is -2.20. The molecule has 1 aliphatic carbocycles. The number of likely N-dealkylation sites (N-methyl/N-ethyl adjacent to an activating group) is 1. The van der Waals surface area contributed by atoms with E-state index in [2.05, 4.69) is 0 Å². The van der Waals surface area contributed by atoms with Crippen LogP contribution in [-0.4, -0.2) is 35.1 Å². The Morgan fingerprint density at radius 3 is 2.72 bits per heavy atom. The van der Waals surface area contributed by atoms with Gasteiger partial charge in [0.05, 0.1) is 0 Å². The van der Waals surface area contributed by atoms with E-state index in [1.807, 2.05) is 18.7 Å². The van der Waals surface area contributed by atoms with Crippen molar-refractivity contribution in [3.8, 4) is 11.5 Å². The number of nitrogens with zero attached hydrogens (tertiary/aromatic N) is 1. The third kappa shape index (κ3) is 3.15. The third-order valence-electron chi connectivity index (χ3n) is 3.05. The monoisotopic (exact) mass is 249 g/mol. The SMILES string of the molecule is CCN(C(=O)COc1cc(C)cc(O)c1)C1CC1. The first kappa shape index (κ1) is 12.7. The lowest BCUT2D eigenvalue weighted by atomic mass is 10.2. The minimum Gasteiger partial charge on any atom is -0.508 e. The van der Waals surface area contributed by atoms with Crippen LogP contribution >= 0.6 is 0 Å². The molecule has 0 saturated heterocycles. The molecular formula is C14H19NO3. The number of hydrogen-bond donors (Lipinski definition) is 1. The van der Waals surface area contributed by atoms with E-state index in [0.717, 1.165) is 24.9 Å². The summed E-state index contributed by atoms with van der Waals surface area (Å²) in [5.74, 6) is 0.709. The van der Waals surface area contributed by atoms with Gasteiger partial charge in [-0.2, -0.15) is 0 Å². The maximum Gasteiger partial charge on any atom is 0.260 e. The molecule has 4 heteroatoms. The number of amides is 1. The minimum absolute atomic E-state index is 0.0148. The van der Waals surface area contributed by atoms with E-state index in [9.17, 15) is 9.90 Å². The highest BCUT2D eigenvalue weighted by Crippen LogP contribution is 2.27. The average molecular weight is 249 g/mol. The second-order valence-corrected chi connectivity index (χ2v) is 4.70. The molecule has 0 radical (unpaired) electrons. The second-order valence-electron chi connectivity index (χ2n) is 4.70. The van der Waals surface area contributed by atoms with Crippen LogP contribution in [0.25, 0.3) is 0 Å². The topological polar surface area (TPSA) is 49.8 Å². The Kier molecular flexibility index (Phi) is 3.75. The van der Waals surface area contributed by atoms with Gasteiger partial charge in [0.25, 0.3) is 5.91 Å². The van der Waals surface area contributed by atoms with Crippen LogP contribution in [0.5, 0.6) is 11.5 Å². The molecule has 0 bridgehead atoms. The molecule has 0 aliphatic heterocycles. The second kappa shape index (κ2) is 5.29. The quantitative estimate of drug-likeness (QED) is 0.869. The van der Waals surface area contributed by atoms with E-state index in [1.165, 1.54) is 6.07 Å². The number of aromatic hydroxyl groups is 1. The predicted octanol–water partition coefficient (Wildman–Crippen LogP) is 2.09. The molecular weight excluding hydrogens is 230 g/mol. The molecule has 0 atom stereocenters. The van der Waals surface area contributed by atoms with Crippen LogP contribution in [0, 0.1) is 6.92 Å². The van der Waals surface area contributed by atoms with Crippen molar-refractivity contribution in [2.24, 2.45) is 0 Å². The van der Waals surface area contributed by atoms with Gasteiger partial charge in [0.1, 0.15) is 11.5 Å². The molecule has 0 unspecified atom stereocenters.